The largest absolute Gasteiger partial charge is 0.329 e. The molecule has 0 N–H and O–H groups in total. The molecular weight excluding hydrogens is 591 g/mol. The Kier molecular flexibility index (Phi) is 6.22. The summed E-state index contributed by atoms with van der Waals surface area (Å²) < 4.78 is 0. The van der Waals surface area contributed by atoms with E-state index in [1.165, 1.54) is 77.4 Å². The Labute approximate surface area is 287 Å². The molecule has 49 heavy (non-hydrogen) atoms. The van der Waals surface area contributed by atoms with Gasteiger partial charge in [0.05, 0.1) is 17.1 Å². The van der Waals surface area contributed by atoms with Crippen molar-refractivity contribution in [3.05, 3.63) is 228 Å². The third kappa shape index (κ3) is 4.06. The Morgan fingerprint density at radius 1 is 0.449 bits per heavy atom. The number of anilines is 1. The van der Waals surface area contributed by atoms with E-state index in [2.05, 4.69) is 199 Å². The van der Waals surface area contributed by atoms with Gasteiger partial charge in [-0.3, -0.25) is 0 Å². The van der Waals surface area contributed by atoms with Crippen LogP contribution in [0.5, 0.6) is 0 Å². The summed E-state index contributed by atoms with van der Waals surface area (Å²) in [7, 11) is 0. The molecule has 1 unspecified atom stereocenters. The SMILES string of the molecule is C1=C(c2ccccc2)N(c2c3c(cc4ccccc24)C(c2ccccc2)(c2ccccc2)c2ccccc2-3)C1c1ccc2ccccc2c1. The molecule has 0 aromatic heterocycles. The Hall–Kier alpha value is -6.18. The van der Waals surface area contributed by atoms with Gasteiger partial charge < -0.3 is 4.90 Å². The summed E-state index contributed by atoms with van der Waals surface area (Å²) >= 11 is 0. The molecule has 1 aliphatic carbocycles. The molecule has 0 amide bonds. The van der Waals surface area contributed by atoms with Gasteiger partial charge in [-0.1, -0.05) is 176 Å². The lowest BCUT2D eigenvalue weighted by atomic mass is 9.67. The van der Waals surface area contributed by atoms with E-state index in [-0.39, 0.29) is 6.04 Å². The first-order valence-electron chi connectivity index (χ1n) is 17.1. The second-order valence-corrected chi connectivity index (χ2v) is 13.2. The first-order valence-corrected chi connectivity index (χ1v) is 17.1. The molecule has 0 bridgehead atoms. The Morgan fingerprint density at radius 3 is 1.78 bits per heavy atom. The van der Waals surface area contributed by atoms with Crippen LogP contribution < -0.4 is 4.90 Å². The van der Waals surface area contributed by atoms with Crippen LogP contribution in [0, 0.1) is 0 Å². The molecule has 8 aromatic carbocycles. The van der Waals surface area contributed by atoms with Crippen molar-refractivity contribution in [2.45, 2.75) is 11.5 Å². The highest BCUT2D eigenvalue weighted by molar-refractivity contribution is 6.11. The second kappa shape index (κ2) is 10.9. The zero-order chi connectivity index (χ0) is 32.4. The fourth-order valence-electron chi connectivity index (χ4n) is 8.60. The second-order valence-electron chi connectivity index (χ2n) is 13.2. The maximum Gasteiger partial charge on any atom is 0.0799 e. The summed E-state index contributed by atoms with van der Waals surface area (Å²) in [5.41, 5.74) is 12.4. The molecule has 2 aliphatic rings. The number of hydrogen-bond donors (Lipinski definition) is 0. The highest BCUT2D eigenvalue weighted by Crippen LogP contribution is 2.62. The average Bonchev–Trinajstić information content (AvgIpc) is 3.46. The average molecular weight is 624 g/mol. The molecule has 0 fully saturated rings. The molecule has 0 spiro atoms. The number of fused-ring (bicyclic) bond motifs is 5. The van der Waals surface area contributed by atoms with Gasteiger partial charge in [0.25, 0.3) is 0 Å². The van der Waals surface area contributed by atoms with Gasteiger partial charge in [0, 0.05) is 16.6 Å². The fourth-order valence-corrected chi connectivity index (χ4v) is 8.60. The van der Waals surface area contributed by atoms with Crippen molar-refractivity contribution in [3.8, 4) is 11.1 Å². The molecule has 230 valence electrons. The van der Waals surface area contributed by atoms with Crippen LogP contribution in [0.2, 0.25) is 0 Å². The summed E-state index contributed by atoms with van der Waals surface area (Å²) in [5.74, 6) is 0. The quantitative estimate of drug-likeness (QED) is 0.184. The number of hydrogen-bond acceptors (Lipinski definition) is 1. The molecule has 1 atom stereocenters. The van der Waals surface area contributed by atoms with E-state index >= 15 is 0 Å². The predicted octanol–water partition coefficient (Wildman–Crippen LogP) is 12.0. The predicted molar refractivity (Wildman–Crippen MR) is 205 cm³/mol. The molecule has 0 saturated carbocycles. The summed E-state index contributed by atoms with van der Waals surface area (Å²) in [6, 6.07) is 69.4. The highest BCUT2D eigenvalue weighted by Gasteiger charge is 2.49. The van der Waals surface area contributed by atoms with E-state index in [1.54, 1.807) is 0 Å². The highest BCUT2D eigenvalue weighted by atomic mass is 15.2. The molecule has 1 heterocycles. The Balaban J connectivity index is 1.33. The van der Waals surface area contributed by atoms with Crippen LogP contribution in [-0.2, 0) is 5.41 Å². The van der Waals surface area contributed by atoms with Crippen LogP contribution in [-0.4, -0.2) is 0 Å². The Bertz CT molecular complexity index is 2510. The summed E-state index contributed by atoms with van der Waals surface area (Å²) in [4.78, 5) is 2.63. The zero-order valence-electron chi connectivity index (χ0n) is 27.0. The molecule has 1 heteroatoms. The van der Waals surface area contributed by atoms with E-state index < -0.39 is 5.41 Å². The van der Waals surface area contributed by atoms with Gasteiger partial charge in [0.15, 0.2) is 0 Å². The zero-order valence-corrected chi connectivity index (χ0v) is 27.0. The smallest absolute Gasteiger partial charge is 0.0799 e. The first kappa shape index (κ1) is 27.9. The van der Waals surface area contributed by atoms with Gasteiger partial charge in [-0.05, 0) is 73.3 Å². The third-order valence-electron chi connectivity index (χ3n) is 10.7. The minimum absolute atomic E-state index is 0.0744. The van der Waals surface area contributed by atoms with E-state index in [1.807, 2.05) is 0 Å². The maximum absolute atomic E-state index is 2.63. The lowest BCUT2D eigenvalue weighted by Crippen LogP contribution is -2.35. The van der Waals surface area contributed by atoms with Crippen molar-refractivity contribution < 1.29 is 0 Å². The number of rotatable bonds is 5. The van der Waals surface area contributed by atoms with E-state index in [4.69, 9.17) is 0 Å². The third-order valence-corrected chi connectivity index (χ3v) is 10.7. The van der Waals surface area contributed by atoms with Crippen LogP contribution >= 0.6 is 0 Å². The van der Waals surface area contributed by atoms with Crippen molar-refractivity contribution in [1.29, 1.82) is 0 Å². The molecule has 10 rings (SSSR count). The van der Waals surface area contributed by atoms with Gasteiger partial charge in [-0.2, -0.15) is 0 Å². The van der Waals surface area contributed by atoms with Crippen molar-refractivity contribution in [3.63, 3.8) is 0 Å². The minimum atomic E-state index is -0.479. The minimum Gasteiger partial charge on any atom is -0.329 e. The molecule has 8 aromatic rings. The van der Waals surface area contributed by atoms with Crippen LogP contribution in [0.3, 0.4) is 0 Å². The van der Waals surface area contributed by atoms with Crippen molar-refractivity contribution in [2.24, 2.45) is 0 Å². The van der Waals surface area contributed by atoms with E-state index in [9.17, 15) is 0 Å². The van der Waals surface area contributed by atoms with Crippen LogP contribution in [0.15, 0.2) is 194 Å². The van der Waals surface area contributed by atoms with Crippen molar-refractivity contribution in [1.82, 2.24) is 0 Å². The maximum atomic E-state index is 2.63. The van der Waals surface area contributed by atoms with E-state index in [0.29, 0.717) is 0 Å². The molecule has 1 nitrogen and oxygen atoms in total. The number of nitrogens with zero attached hydrogens (tertiary/aromatic N) is 1. The van der Waals surface area contributed by atoms with Gasteiger partial charge in [0.1, 0.15) is 0 Å². The van der Waals surface area contributed by atoms with Gasteiger partial charge in [0.2, 0.25) is 0 Å². The molecular formula is C48H33N. The number of benzene rings is 8. The normalized spacial score (nSPS) is 15.8. The molecule has 0 radical (unpaired) electrons. The van der Waals surface area contributed by atoms with Gasteiger partial charge >= 0.3 is 0 Å². The fraction of sp³-hybridized carbons (Fsp3) is 0.0417. The van der Waals surface area contributed by atoms with Crippen LogP contribution in [0.1, 0.15) is 39.4 Å². The standard InChI is InChI=1S/C48H33N/c1-4-17-34(18-5-1)44-32-45(37-29-28-33-16-10-11-19-35(33)30-37)49(44)47-40-25-13-12-20-36(40)31-43-46(47)41-26-14-15-27-42(41)48(43,38-21-6-2-7-22-38)39-23-8-3-9-24-39/h1-32,45H. The topological polar surface area (TPSA) is 3.24 Å². The van der Waals surface area contributed by atoms with Crippen molar-refractivity contribution >= 4 is 32.9 Å². The summed E-state index contributed by atoms with van der Waals surface area (Å²) in [6.45, 7) is 0. The van der Waals surface area contributed by atoms with Gasteiger partial charge in [-0.15, -0.1) is 0 Å². The molecule has 0 saturated heterocycles. The summed E-state index contributed by atoms with van der Waals surface area (Å²) in [6.07, 6.45) is 2.45. The summed E-state index contributed by atoms with van der Waals surface area (Å²) in [5, 5.41) is 5.04. The van der Waals surface area contributed by atoms with Crippen LogP contribution in [0.25, 0.3) is 38.4 Å². The van der Waals surface area contributed by atoms with E-state index in [0.717, 1.165) is 0 Å². The molecule has 1 aliphatic heterocycles. The lowest BCUT2D eigenvalue weighted by Gasteiger charge is -2.44. The first-order chi connectivity index (χ1) is 24.3. The van der Waals surface area contributed by atoms with Gasteiger partial charge in [-0.25, -0.2) is 0 Å². The lowest BCUT2D eigenvalue weighted by molar-refractivity contribution is 0.767. The Morgan fingerprint density at radius 2 is 1.04 bits per heavy atom. The van der Waals surface area contributed by atoms with Crippen LogP contribution in [0.4, 0.5) is 5.69 Å². The van der Waals surface area contributed by atoms with Crippen molar-refractivity contribution in [2.75, 3.05) is 4.90 Å². The monoisotopic (exact) mass is 623 g/mol.